The smallest absolute Gasteiger partial charge is 0.0837 e. The Bertz CT molecular complexity index is 119. The average molecular weight is 172 g/mol. The summed E-state index contributed by atoms with van der Waals surface area (Å²) in [6.07, 6.45) is 3.99. The summed E-state index contributed by atoms with van der Waals surface area (Å²) in [6, 6.07) is 0.635. The molecule has 1 aliphatic rings. The lowest BCUT2D eigenvalue weighted by Crippen LogP contribution is -2.42. The number of likely N-dealkylation sites (tertiary alicyclic amines) is 1. The number of hydrogen-bond acceptors (Lipinski definition) is 3. The molecule has 1 N–H and O–H groups in total. The van der Waals surface area contributed by atoms with Crippen molar-refractivity contribution in [3.63, 3.8) is 0 Å². The Labute approximate surface area is 75.0 Å². The van der Waals surface area contributed by atoms with E-state index in [1.165, 1.54) is 25.8 Å². The van der Waals surface area contributed by atoms with Gasteiger partial charge >= 0.3 is 0 Å². The van der Waals surface area contributed by atoms with Crippen molar-refractivity contribution in [1.29, 1.82) is 0 Å². The van der Waals surface area contributed by atoms with Crippen LogP contribution in [0.2, 0.25) is 0 Å². The van der Waals surface area contributed by atoms with Crippen molar-refractivity contribution in [2.75, 3.05) is 26.7 Å². The molecule has 1 rings (SSSR count). The summed E-state index contributed by atoms with van der Waals surface area (Å²) in [5, 5.41) is 0. The molecule has 0 spiro atoms. The van der Waals surface area contributed by atoms with E-state index >= 15 is 0 Å². The molecule has 0 bridgehead atoms. The molecule has 1 fully saturated rings. The lowest BCUT2D eigenvalue weighted by Gasteiger charge is -2.34. The van der Waals surface area contributed by atoms with E-state index in [1.54, 1.807) is 0 Å². The van der Waals surface area contributed by atoms with Crippen molar-refractivity contribution < 1.29 is 4.84 Å². The first-order valence-corrected chi connectivity index (χ1v) is 4.91. The summed E-state index contributed by atoms with van der Waals surface area (Å²) in [4.78, 5) is 7.71. The quantitative estimate of drug-likeness (QED) is 0.641. The van der Waals surface area contributed by atoms with Gasteiger partial charge in [0.1, 0.15) is 0 Å². The molecule has 3 heteroatoms. The minimum absolute atomic E-state index is 0.635. The Morgan fingerprint density at radius 3 is 3.00 bits per heavy atom. The molecule has 0 amide bonds. The first kappa shape index (κ1) is 9.96. The predicted molar refractivity (Wildman–Crippen MR) is 49.9 cm³/mol. The maximum absolute atomic E-state index is 5.21. The average Bonchev–Trinajstić information content (AvgIpc) is 2.15. The van der Waals surface area contributed by atoms with E-state index in [9.17, 15) is 0 Å². The van der Waals surface area contributed by atoms with Gasteiger partial charge in [0.2, 0.25) is 0 Å². The van der Waals surface area contributed by atoms with Gasteiger partial charge in [-0.05, 0) is 25.9 Å². The fourth-order valence-electron chi connectivity index (χ4n) is 1.84. The third kappa shape index (κ3) is 2.73. The molecule has 1 heterocycles. The minimum atomic E-state index is 0.635. The van der Waals surface area contributed by atoms with Gasteiger partial charge in [-0.2, -0.15) is 0 Å². The number of rotatable bonds is 4. The molecule has 0 aromatic carbocycles. The van der Waals surface area contributed by atoms with Crippen LogP contribution in [0.1, 0.15) is 26.2 Å². The molecule has 1 saturated heterocycles. The van der Waals surface area contributed by atoms with Crippen molar-refractivity contribution in [2.24, 2.45) is 0 Å². The molecule has 0 radical (unpaired) electrons. The summed E-state index contributed by atoms with van der Waals surface area (Å²) in [7, 11) is 1.82. The summed E-state index contributed by atoms with van der Waals surface area (Å²) >= 11 is 0. The number of piperidine rings is 1. The van der Waals surface area contributed by atoms with Gasteiger partial charge < -0.3 is 4.84 Å². The van der Waals surface area contributed by atoms with Crippen LogP contribution in [0.25, 0.3) is 0 Å². The van der Waals surface area contributed by atoms with Crippen LogP contribution < -0.4 is 5.48 Å². The number of hydrogen-bond donors (Lipinski definition) is 1. The third-order valence-electron chi connectivity index (χ3n) is 2.58. The second kappa shape index (κ2) is 5.51. The van der Waals surface area contributed by atoms with Crippen LogP contribution in [0.15, 0.2) is 0 Å². The Kier molecular flexibility index (Phi) is 4.58. The van der Waals surface area contributed by atoms with E-state index in [0.29, 0.717) is 6.04 Å². The van der Waals surface area contributed by atoms with Gasteiger partial charge in [0.05, 0.1) is 6.61 Å². The summed E-state index contributed by atoms with van der Waals surface area (Å²) < 4.78 is 0. The van der Waals surface area contributed by atoms with E-state index in [1.807, 2.05) is 7.05 Å². The van der Waals surface area contributed by atoms with E-state index in [-0.39, 0.29) is 0 Å². The van der Waals surface area contributed by atoms with E-state index in [4.69, 9.17) is 4.84 Å². The van der Waals surface area contributed by atoms with Crippen LogP contribution in [0, 0.1) is 0 Å². The summed E-state index contributed by atoms with van der Waals surface area (Å²) in [5.74, 6) is 0. The highest BCUT2D eigenvalue weighted by Crippen LogP contribution is 2.16. The number of hydroxylamine groups is 1. The Morgan fingerprint density at radius 2 is 2.33 bits per heavy atom. The molecule has 3 nitrogen and oxygen atoms in total. The lowest BCUT2D eigenvalue weighted by molar-refractivity contribution is -0.00155. The van der Waals surface area contributed by atoms with Crippen molar-refractivity contribution in [1.82, 2.24) is 10.4 Å². The van der Waals surface area contributed by atoms with Gasteiger partial charge in [-0.25, -0.2) is 5.48 Å². The Hall–Kier alpha value is -0.120. The molecular formula is C9H20N2O. The monoisotopic (exact) mass is 172 g/mol. The fraction of sp³-hybridized carbons (Fsp3) is 1.00. The third-order valence-corrected chi connectivity index (χ3v) is 2.58. The maximum atomic E-state index is 5.21. The number of nitrogens with zero attached hydrogens (tertiary/aromatic N) is 1. The normalized spacial score (nSPS) is 26.0. The Balaban J connectivity index is 2.26. The maximum Gasteiger partial charge on any atom is 0.0837 e. The molecule has 0 aliphatic carbocycles. The molecule has 0 saturated carbocycles. The Morgan fingerprint density at radius 1 is 1.50 bits per heavy atom. The van der Waals surface area contributed by atoms with Crippen LogP contribution in [0.5, 0.6) is 0 Å². The number of likely N-dealkylation sites (N-methyl/N-ethyl adjacent to an activating group) is 1. The standard InChI is InChI=1S/C9H20N2O/c1-3-11-7-5-4-6-9(11)8-12-10-2/h9-10H,3-8H2,1-2H3. The van der Waals surface area contributed by atoms with Gasteiger partial charge in [-0.3, -0.25) is 4.90 Å². The molecule has 0 aromatic rings. The van der Waals surface area contributed by atoms with Gasteiger partial charge in [-0.15, -0.1) is 0 Å². The summed E-state index contributed by atoms with van der Waals surface area (Å²) in [6.45, 7) is 5.44. The van der Waals surface area contributed by atoms with Gasteiger partial charge in [0.15, 0.2) is 0 Å². The first-order chi connectivity index (χ1) is 5.88. The van der Waals surface area contributed by atoms with Crippen molar-refractivity contribution >= 4 is 0 Å². The SMILES string of the molecule is CCN1CCCCC1CONC. The first-order valence-electron chi connectivity index (χ1n) is 4.91. The van der Waals surface area contributed by atoms with Gasteiger partial charge in [0, 0.05) is 13.1 Å². The van der Waals surface area contributed by atoms with Crippen LogP contribution >= 0.6 is 0 Å². The predicted octanol–water partition coefficient (Wildman–Crippen LogP) is 1.01. The minimum Gasteiger partial charge on any atom is -0.300 e. The second-order valence-electron chi connectivity index (χ2n) is 3.29. The van der Waals surface area contributed by atoms with Crippen molar-refractivity contribution in [2.45, 2.75) is 32.2 Å². The lowest BCUT2D eigenvalue weighted by atomic mass is 10.0. The molecule has 72 valence electrons. The fourth-order valence-corrected chi connectivity index (χ4v) is 1.84. The zero-order valence-electron chi connectivity index (χ0n) is 8.18. The highest BCUT2D eigenvalue weighted by molar-refractivity contribution is 4.75. The molecule has 0 aromatic heterocycles. The van der Waals surface area contributed by atoms with Crippen LogP contribution in [-0.4, -0.2) is 37.7 Å². The summed E-state index contributed by atoms with van der Waals surface area (Å²) in [5.41, 5.74) is 2.73. The molecule has 12 heavy (non-hydrogen) atoms. The van der Waals surface area contributed by atoms with Gasteiger partial charge in [-0.1, -0.05) is 13.3 Å². The topological polar surface area (TPSA) is 24.5 Å². The van der Waals surface area contributed by atoms with E-state index in [2.05, 4.69) is 17.3 Å². The highest BCUT2D eigenvalue weighted by Gasteiger charge is 2.20. The van der Waals surface area contributed by atoms with Gasteiger partial charge in [0.25, 0.3) is 0 Å². The molecule has 1 unspecified atom stereocenters. The zero-order valence-corrected chi connectivity index (χ0v) is 8.18. The van der Waals surface area contributed by atoms with Crippen molar-refractivity contribution in [3.05, 3.63) is 0 Å². The van der Waals surface area contributed by atoms with Crippen molar-refractivity contribution in [3.8, 4) is 0 Å². The number of nitrogens with one attached hydrogen (secondary N) is 1. The largest absolute Gasteiger partial charge is 0.300 e. The van der Waals surface area contributed by atoms with E-state index in [0.717, 1.165) is 13.2 Å². The zero-order chi connectivity index (χ0) is 8.81. The van der Waals surface area contributed by atoms with Crippen LogP contribution in [-0.2, 0) is 4.84 Å². The van der Waals surface area contributed by atoms with Crippen LogP contribution in [0.3, 0.4) is 0 Å². The van der Waals surface area contributed by atoms with E-state index < -0.39 is 0 Å². The second-order valence-corrected chi connectivity index (χ2v) is 3.29. The highest BCUT2D eigenvalue weighted by atomic mass is 16.6. The molecule has 1 aliphatic heterocycles. The molecular weight excluding hydrogens is 152 g/mol. The van der Waals surface area contributed by atoms with Crippen LogP contribution in [0.4, 0.5) is 0 Å². The molecule has 1 atom stereocenters.